The van der Waals surface area contributed by atoms with Gasteiger partial charge in [-0.1, -0.05) is 37.3 Å². The number of nitrogens with one attached hydrogen (secondary N) is 1. The minimum Gasteiger partial charge on any atom is -0.332 e. The molecule has 1 aliphatic rings. The van der Waals surface area contributed by atoms with Gasteiger partial charge in [0.25, 0.3) is 5.89 Å². The van der Waals surface area contributed by atoms with E-state index in [1.165, 1.54) is 32.1 Å². The van der Waals surface area contributed by atoms with Crippen LogP contribution in [-0.2, 0) is 6.42 Å². The van der Waals surface area contributed by atoms with Gasteiger partial charge in [-0.15, -0.1) is 0 Å². The first-order valence-corrected chi connectivity index (χ1v) is 6.66. The first-order chi connectivity index (χ1) is 8.81. The fourth-order valence-corrected chi connectivity index (χ4v) is 2.62. The quantitative estimate of drug-likeness (QED) is 0.904. The SMILES string of the molecule is Cc1cc(-c2nc(CC3CCCCC3)no2)n[nH]1. The van der Waals surface area contributed by atoms with E-state index in [-0.39, 0.29) is 0 Å². The van der Waals surface area contributed by atoms with Gasteiger partial charge in [0.15, 0.2) is 11.5 Å². The number of aromatic amines is 1. The molecule has 0 aromatic carbocycles. The standard InChI is InChI=1S/C13H18N4O/c1-9-7-11(16-15-9)13-14-12(17-18-13)8-10-5-3-2-4-6-10/h7,10H,2-6,8H2,1H3,(H,15,16). The summed E-state index contributed by atoms with van der Waals surface area (Å²) in [5, 5.41) is 11.1. The smallest absolute Gasteiger partial charge is 0.278 e. The molecule has 5 nitrogen and oxygen atoms in total. The lowest BCUT2D eigenvalue weighted by Gasteiger charge is -2.19. The van der Waals surface area contributed by atoms with Crippen molar-refractivity contribution in [3.8, 4) is 11.6 Å². The van der Waals surface area contributed by atoms with Gasteiger partial charge in [0.1, 0.15) is 0 Å². The third-order valence-electron chi connectivity index (χ3n) is 3.59. The molecule has 0 aliphatic heterocycles. The van der Waals surface area contributed by atoms with E-state index in [1.54, 1.807) is 0 Å². The van der Waals surface area contributed by atoms with Gasteiger partial charge in [0.2, 0.25) is 0 Å². The zero-order chi connectivity index (χ0) is 12.4. The molecule has 1 saturated carbocycles. The van der Waals surface area contributed by atoms with Gasteiger partial charge in [-0.2, -0.15) is 10.1 Å². The molecule has 1 aliphatic carbocycles. The van der Waals surface area contributed by atoms with Gasteiger partial charge in [-0.25, -0.2) is 0 Å². The Morgan fingerprint density at radius 1 is 1.33 bits per heavy atom. The minimum atomic E-state index is 0.519. The number of nitrogens with zero attached hydrogens (tertiary/aromatic N) is 3. The van der Waals surface area contributed by atoms with Crippen LogP contribution in [0.5, 0.6) is 0 Å². The summed E-state index contributed by atoms with van der Waals surface area (Å²) in [4.78, 5) is 4.43. The number of hydrogen-bond donors (Lipinski definition) is 1. The first-order valence-electron chi connectivity index (χ1n) is 6.66. The molecule has 0 unspecified atom stereocenters. The number of rotatable bonds is 3. The van der Waals surface area contributed by atoms with Crippen LogP contribution in [0.25, 0.3) is 11.6 Å². The van der Waals surface area contributed by atoms with E-state index in [0.29, 0.717) is 5.89 Å². The molecule has 2 heterocycles. The van der Waals surface area contributed by atoms with Crippen molar-refractivity contribution in [1.29, 1.82) is 0 Å². The number of hydrogen-bond acceptors (Lipinski definition) is 4. The molecular formula is C13H18N4O. The Hall–Kier alpha value is -1.65. The maximum atomic E-state index is 5.26. The van der Waals surface area contributed by atoms with E-state index in [1.807, 2.05) is 13.0 Å². The first kappa shape index (κ1) is 11.4. The second-order valence-corrected chi connectivity index (χ2v) is 5.16. The molecule has 0 saturated heterocycles. The summed E-state index contributed by atoms with van der Waals surface area (Å²) in [6.07, 6.45) is 7.59. The van der Waals surface area contributed by atoms with Crippen molar-refractivity contribution in [2.24, 2.45) is 5.92 Å². The highest BCUT2D eigenvalue weighted by Crippen LogP contribution is 2.26. The molecule has 0 amide bonds. The van der Waals surface area contributed by atoms with E-state index < -0.39 is 0 Å². The van der Waals surface area contributed by atoms with Crippen molar-refractivity contribution >= 4 is 0 Å². The fraction of sp³-hybridized carbons (Fsp3) is 0.615. The predicted molar refractivity (Wildman–Crippen MR) is 66.9 cm³/mol. The van der Waals surface area contributed by atoms with E-state index in [4.69, 9.17) is 4.52 Å². The maximum absolute atomic E-state index is 5.26. The molecule has 96 valence electrons. The van der Waals surface area contributed by atoms with Crippen LogP contribution in [0.1, 0.15) is 43.6 Å². The summed E-state index contributed by atoms with van der Waals surface area (Å²) >= 11 is 0. The lowest BCUT2D eigenvalue weighted by atomic mass is 9.87. The molecule has 0 atom stereocenters. The maximum Gasteiger partial charge on any atom is 0.278 e. The van der Waals surface area contributed by atoms with Crippen LogP contribution in [0, 0.1) is 12.8 Å². The Kier molecular flexibility index (Phi) is 3.13. The summed E-state index contributed by atoms with van der Waals surface area (Å²) in [6, 6.07) is 1.91. The molecule has 1 fully saturated rings. The van der Waals surface area contributed by atoms with Crippen molar-refractivity contribution in [3.05, 3.63) is 17.6 Å². The van der Waals surface area contributed by atoms with E-state index in [9.17, 15) is 0 Å². The Balaban J connectivity index is 1.69. The van der Waals surface area contributed by atoms with Gasteiger partial charge in [0, 0.05) is 12.1 Å². The van der Waals surface area contributed by atoms with Crippen LogP contribution in [0.4, 0.5) is 0 Å². The number of aryl methyl sites for hydroxylation is 1. The molecule has 1 N–H and O–H groups in total. The van der Waals surface area contributed by atoms with Gasteiger partial charge >= 0.3 is 0 Å². The normalized spacial score (nSPS) is 17.2. The van der Waals surface area contributed by atoms with Gasteiger partial charge in [-0.3, -0.25) is 5.10 Å². The minimum absolute atomic E-state index is 0.519. The Morgan fingerprint density at radius 3 is 2.89 bits per heavy atom. The zero-order valence-electron chi connectivity index (χ0n) is 10.6. The Morgan fingerprint density at radius 2 is 2.17 bits per heavy atom. The number of H-pyrrole nitrogens is 1. The van der Waals surface area contributed by atoms with Crippen LogP contribution in [0.3, 0.4) is 0 Å². The largest absolute Gasteiger partial charge is 0.332 e. The Labute approximate surface area is 106 Å². The topological polar surface area (TPSA) is 67.6 Å². The van der Waals surface area contributed by atoms with Crippen LogP contribution in [0.15, 0.2) is 10.6 Å². The lowest BCUT2D eigenvalue weighted by Crippen LogP contribution is -2.10. The second kappa shape index (κ2) is 4.92. The predicted octanol–water partition coefficient (Wildman–Crippen LogP) is 2.89. The molecule has 0 spiro atoms. The summed E-state index contributed by atoms with van der Waals surface area (Å²) in [5.41, 5.74) is 1.73. The molecule has 18 heavy (non-hydrogen) atoms. The van der Waals surface area contributed by atoms with Crippen LogP contribution in [-0.4, -0.2) is 20.3 Å². The molecular weight excluding hydrogens is 228 g/mol. The molecule has 5 heteroatoms. The van der Waals surface area contributed by atoms with Gasteiger partial charge < -0.3 is 4.52 Å². The highest BCUT2D eigenvalue weighted by Gasteiger charge is 2.18. The average molecular weight is 246 g/mol. The molecule has 2 aromatic rings. The van der Waals surface area contributed by atoms with E-state index >= 15 is 0 Å². The molecule has 0 bridgehead atoms. The highest BCUT2D eigenvalue weighted by molar-refractivity contribution is 5.46. The Bertz CT molecular complexity index is 511. The third-order valence-corrected chi connectivity index (χ3v) is 3.59. The second-order valence-electron chi connectivity index (χ2n) is 5.16. The van der Waals surface area contributed by atoms with Crippen molar-refractivity contribution in [3.63, 3.8) is 0 Å². The summed E-state index contributed by atoms with van der Waals surface area (Å²) < 4.78 is 5.26. The summed E-state index contributed by atoms with van der Waals surface area (Å²) in [6.45, 7) is 1.95. The third kappa shape index (κ3) is 2.44. The van der Waals surface area contributed by atoms with Crippen molar-refractivity contribution in [1.82, 2.24) is 20.3 Å². The molecule has 2 aromatic heterocycles. The monoisotopic (exact) mass is 246 g/mol. The van der Waals surface area contributed by atoms with E-state index in [2.05, 4.69) is 20.3 Å². The van der Waals surface area contributed by atoms with Crippen LogP contribution < -0.4 is 0 Å². The van der Waals surface area contributed by atoms with Crippen molar-refractivity contribution in [2.45, 2.75) is 45.4 Å². The van der Waals surface area contributed by atoms with Crippen LogP contribution >= 0.6 is 0 Å². The molecule has 0 radical (unpaired) electrons. The van der Waals surface area contributed by atoms with Gasteiger partial charge in [-0.05, 0) is 18.9 Å². The average Bonchev–Trinajstić information content (AvgIpc) is 2.99. The summed E-state index contributed by atoms with van der Waals surface area (Å²) in [5.74, 6) is 2.06. The highest BCUT2D eigenvalue weighted by atomic mass is 16.5. The zero-order valence-corrected chi connectivity index (χ0v) is 10.6. The van der Waals surface area contributed by atoms with E-state index in [0.717, 1.165) is 29.6 Å². The fourth-order valence-electron chi connectivity index (χ4n) is 2.62. The van der Waals surface area contributed by atoms with Crippen molar-refractivity contribution in [2.75, 3.05) is 0 Å². The lowest BCUT2D eigenvalue weighted by molar-refractivity contribution is 0.343. The van der Waals surface area contributed by atoms with Crippen LogP contribution in [0.2, 0.25) is 0 Å². The van der Waals surface area contributed by atoms with Crippen molar-refractivity contribution < 1.29 is 4.52 Å². The summed E-state index contributed by atoms with van der Waals surface area (Å²) in [7, 11) is 0. The molecule has 3 rings (SSSR count). The number of aromatic nitrogens is 4. The van der Waals surface area contributed by atoms with Gasteiger partial charge in [0.05, 0.1) is 0 Å².